The highest BCUT2D eigenvalue weighted by molar-refractivity contribution is 6.03. The van der Waals surface area contributed by atoms with Crippen molar-refractivity contribution in [2.24, 2.45) is 10.9 Å². The average Bonchev–Trinajstić information content (AvgIpc) is 2.49. The summed E-state index contributed by atoms with van der Waals surface area (Å²) in [5.74, 6) is 0.118. The lowest BCUT2D eigenvalue weighted by Gasteiger charge is -2.27. The molecule has 4 heteroatoms. The predicted octanol–water partition coefficient (Wildman–Crippen LogP) is 3.25. The zero-order valence-corrected chi connectivity index (χ0v) is 11.7. The Kier molecular flexibility index (Phi) is 4.25. The van der Waals surface area contributed by atoms with Crippen LogP contribution in [0.3, 0.4) is 0 Å². The molecule has 0 bridgehead atoms. The van der Waals surface area contributed by atoms with E-state index in [4.69, 9.17) is 10.9 Å². The molecule has 0 saturated carbocycles. The standard InChI is InChI=1S/C16H19N3O/c1-3-19(14-10-6-4-8-12(14)2)15-11-7-5-9-13(15)16(17)18-20/h4-11,20H,3H2,1-2H3,(H2,17,18). The van der Waals surface area contributed by atoms with Gasteiger partial charge in [-0.1, -0.05) is 35.5 Å². The smallest absolute Gasteiger partial charge is 0.172 e. The van der Waals surface area contributed by atoms with Crippen molar-refractivity contribution in [3.05, 3.63) is 59.7 Å². The summed E-state index contributed by atoms with van der Waals surface area (Å²) in [6.45, 7) is 4.94. The normalized spacial score (nSPS) is 11.4. The average molecular weight is 269 g/mol. The van der Waals surface area contributed by atoms with Crippen LogP contribution in [0.25, 0.3) is 0 Å². The Morgan fingerprint density at radius 2 is 1.70 bits per heavy atom. The molecule has 20 heavy (non-hydrogen) atoms. The molecule has 2 rings (SSSR count). The van der Waals surface area contributed by atoms with Crippen LogP contribution < -0.4 is 10.6 Å². The van der Waals surface area contributed by atoms with E-state index in [0.29, 0.717) is 0 Å². The maximum Gasteiger partial charge on any atom is 0.172 e. The maximum atomic E-state index is 8.94. The Morgan fingerprint density at radius 1 is 1.10 bits per heavy atom. The van der Waals surface area contributed by atoms with Gasteiger partial charge in [-0.25, -0.2) is 0 Å². The van der Waals surface area contributed by atoms with E-state index < -0.39 is 0 Å². The Hall–Kier alpha value is -2.49. The fourth-order valence-corrected chi connectivity index (χ4v) is 2.32. The highest BCUT2D eigenvalue weighted by atomic mass is 16.4. The van der Waals surface area contributed by atoms with Crippen LogP contribution in [0.5, 0.6) is 0 Å². The number of rotatable bonds is 4. The first-order valence-corrected chi connectivity index (χ1v) is 6.59. The minimum Gasteiger partial charge on any atom is -0.409 e. The number of benzene rings is 2. The van der Waals surface area contributed by atoms with E-state index in [-0.39, 0.29) is 5.84 Å². The van der Waals surface area contributed by atoms with Crippen molar-refractivity contribution in [3.8, 4) is 0 Å². The zero-order valence-electron chi connectivity index (χ0n) is 11.7. The third-order valence-electron chi connectivity index (χ3n) is 3.30. The third-order valence-corrected chi connectivity index (χ3v) is 3.30. The fraction of sp³-hybridized carbons (Fsp3) is 0.188. The van der Waals surface area contributed by atoms with Crippen molar-refractivity contribution in [3.63, 3.8) is 0 Å². The molecule has 0 saturated heterocycles. The van der Waals surface area contributed by atoms with E-state index in [1.54, 1.807) is 0 Å². The summed E-state index contributed by atoms with van der Waals surface area (Å²) in [6, 6.07) is 15.8. The molecule has 0 atom stereocenters. The summed E-state index contributed by atoms with van der Waals surface area (Å²) >= 11 is 0. The van der Waals surface area contributed by atoms with Crippen LogP contribution in [-0.4, -0.2) is 17.6 Å². The van der Waals surface area contributed by atoms with Gasteiger partial charge in [0.2, 0.25) is 0 Å². The Morgan fingerprint density at radius 3 is 2.30 bits per heavy atom. The minimum absolute atomic E-state index is 0.118. The van der Waals surface area contributed by atoms with Crippen LogP contribution in [0, 0.1) is 6.92 Å². The monoisotopic (exact) mass is 269 g/mol. The van der Waals surface area contributed by atoms with Gasteiger partial charge in [-0.15, -0.1) is 0 Å². The molecule has 0 aliphatic carbocycles. The first-order chi connectivity index (χ1) is 9.69. The van der Waals surface area contributed by atoms with Crippen molar-refractivity contribution in [1.82, 2.24) is 0 Å². The number of nitrogens with two attached hydrogens (primary N) is 1. The number of anilines is 2. The first kappa shape index (κ1) is 13.9. The second-order valence-electron chi connectivity index (χ2n) is 4.53. The Bertz CT molecular complexity index is 623. The summed E-state index contributed by atoms with van der Waals surface area (Å²) in [6.07, 6.45) is 0. The number of hydrogen-bond donors (Lipinski definition) is 2. The molecule has 0 amide bonds. The summed E-state index contributed by atoms with van der Waals surface area (Å²) in [4.78, 5) is 2.16. The van der Waals surface area contributed by atoms with Gasteiger partial charge in [-0.05, 0) is 37.6 Å². The number of oxime groups is 1. The van der Waals surface area contributed by atoms with Gasteiger partial charge < -0.3 is 15.8 Å². The van der Waals surface area contributed by atoms with Crippen molar-refractivity contribution in [1.29, 1.82) is 0 Å². The summed E-state index contributed by atoms with van der Waals surface area (Å²) in [5.41, 5.74) is 9.73. The molecule has 0 radical (unpaired) electrons. The van der Waals surface area contributed by atoms with Crippen LogP contribution in [0.1, 0.15) is 18.1 Å². The van der Waals surface area contributed by atoms with Crippen molar-refractivity contribution in [2.75, 3.05) is 11.4 Å². The second kappa shape index (κ2) is 6.10. The number of nitrogens with zero attached hydrogens (tertiary/aromatic N) is 2. The molecular weight excluding hydrogens is 250 g/mol. The zero-order chi connectivity index (χ0) is 14.5. The number of amidine groups is 1. The molecule has 0 aliphatic rings. The van der Waals surface area contributed by atoms with E-state index >= 15 is 0 Å². The van der Waals surface area contributed by atoms with Gasteiger partial charge in [-0.3, -0.25) is 0 Å². The van der Waals surface area contributed by atoms with E-state index in [1.807, 2.05) is 36.4 Å². The van der Waals surface area contributed by atoms with Crippen LogP contribution in [0.4, 0.5) is 11.4 Å². The number of para-hydroxylation sites is 2. The lowest BCUT2D eigenvalue weighted by molar-refractivity contribution is 0.318. The summed E-state index contributed by atoms with van der Waals surface area (Å²) in [5, 5.41) is 12.1. The van der Waals surface area contributed by atoms with Gasteiger partial charge in [0, 0.05) is 17.8 Å². The Labute approximate surface area is 119 Å². The molecule has 0 unspecified atom stereocenters. The van der Waals surface area contributed by atoms with Gasteiger partial charge >= 0.3 is 0 Å². The predicted molar refractivity (Wildman–Crippen MR) is 82.8 cm³/mol. The molecule has 0 aliphatic heterocycles. The maximum absolute atomic E-state index is 8.94. The number of aryl methyl sites for hydroxylation is 1. The van der Waals surface area contributed by atoms with Crippen LogP contribution in [-0.2, 0) is 0 Å². The molecule has 0 heterocycles. The lowest BCUT2D eigenvalue weighted by atomic mass is 10.1. The molecule has 4 nitrogen and oxygen atoms in total. The second-order valence-corrected chi connectivity index (χ2v) is 4.53. The molecular formula is C16H19N3O. The fourth-order valence-electron chi connectivity index (χ4n) is 2.32. The van der Waals surface area contributed by atoms with Gasteiger partial charge in [0.25, 0.3) is 0 Å². The number of hydrogen-bond acceptors (Lipinski definition) is 3. The summed E-state index contributed by atoms with van der Waals surface area (Å²) < 4.78 is 0. The van der Waals surface area contributed by atoms with Crippen LogP contribution in [0.15, 0.2) is 53.7 Å². The lowest BCUT2D eigenvalue weighted by Crippen LogP contribution is -2.23. The van der Waals surface area contributed by atoms with Gasteiger partial charge in [-0.2, -0.15) is 0 Å². The molecule has 0 fully saturated rings. The largest absolute Gasteiger partial charge is 0.409 e. The topological polar surface area (TPSA) is 61.8 Å². The van der Waals surface area contributed by atoms with Crippen LogP contribution >= 0.6 is 0 Å². The van der Waals surface area contributed by atoms with Crippen molar-refractivity contribution >= 4 is 17.2 Å². The SMILES string of the molecule is CCN(c1ccccc1C)c1ccccc1/C(N)=N/O. The van der Waals surface area contributed by atoms with E-state index in [2.05, 4.69) is 36.0 Å². The molecule has 0 aromatic heterocycles. The van der Waals surface area contributed by atoms with E-state index in [9.17, 15) is 0 Å². The third kappa shape index (κ3) is 2.59. The first-order valence-electron chi connectivity index (χ1n) is 6.59. The molecule has 104 valence electrons. The molecule has 2 aromatic rings. The van der Waals surface area contributed by atoms with E-state index in [1.165, 1.54) is 5.56 Å². The van der Waals surface area contributed by atoms with Crippen molar-refractivity contribution in [2.45, 2.75) is 13.8 Å². The van der Waals surface area contributed by atoms with Gasteiger partial charge in [0.15, 0.2) is 5.84 Å². The molecule has 3 N–H and O–H groups in total. The van der Waals surface area contributed by atoms with Gasteiger partial charge in [0.05, 0.1) is 5.69 Å². The van der Waals surface area contributed by atoms with E-state index in [0.717, 1.165) is 23.5 Å². The highest BCUT2D eigenvalue weighted by Gasteiger charge is 2.15. The van der Waals surface area contributed by atoms with Crippen LogP contribution in [0.2, 0.25) is 0 Å². The van der Waals surface area contributed by atoms with Gasteiger partial charge in [0.1, 0.15) is 0 Å². The Balaban J connectivity index is 2.56. The summed E-state index contributed by atoms with van der Waals surface area (Å²) in [7, 11) is 0. The quantitative estimate of drug-likeness (QED) is 0.387. The van der Waals surface area contributed by atoms with Crippen molar-refractivity contribution < 1.29 is 5.21 Å². The highest BCUT2D eigenvalue weighted by Crippen LogP contribution is 2.30. The minimum atomic E-state index is 0.118. The molecule has 2 aromatic carbocycles. The molecule has 0 spiro atoms.